The molecular formula is C11H13N3O. The maximum atomic E-state index is 5.73. The number of hydrogen-bond acceptors (Lipinski definition) is 3. The van der Waals surface area contributed by atoms with Crippen molar-refractivity contribution in [2.24, 2.45) is 0 Å². The van der Waals surface area contributed by atoms with Gasteiger partial charge in [-0.3, -0.25) is 5.10 Å². The van der Waals surface area contributed by atoms with Crippen molar-refractivity contribution in [3.8, 4) is 17.0 Å². The van der Waals surface area contributed by atoms with Crippen molar-refractivity contribution >= 4 is 5.69 Å². The van der Waals surface area contributed by atoms with Crippen molar-refractivity contribution < 1.29 is 4.74 Å². The van der Waals surface area contributed by atoms with E-state index >= 15 is 0 Å². The van der Waals surface area contributed by atoms with Gasteiger partial charge in [0.15, 0.2) is 0 Å². The molecule has 3 N–H and O–H groups in total. The van der Waals surface area contributed by atoms with Gasteiger partial charge in [-0.2, -0.15) is 5.10 Å². The summed E-state index contributed by atoms with van der Waals surface area (Å²) in [4.78, 5) is 0. The number of aromatic amines is 1. The summed E-state index contributed by atoms with van der Waals surface area (Å²) in [7, 11) is 1.63. The molecule has 0 fully saturated rings. The van der Waals surface area contributed by atoms with Crippen LogP contribution in [0.1, 0.15) is 5.69 Å². The van der Waals surface area contributed by atoms with Crippen LogP contribution in [0.3, 0.4) is 0 Å². The third-order valence-corrected chi connectivity index (χ3v) is 2.21. The Morgan fingerprint density at radius 1 is 1.33 bits per heavy atom. The van der Waals surface area contributed by atoms with E-state index in [9.17, 15) is 0 Å². The van der Waals surface area contributed by atoms with Gasteiger partial charge in [-0.05, 0) is 31.2 Å². The lowest BCUT2D eigenvalue weighted by atomic mass is 10.1. The minimum absolute atomic E-state index is 0.700. The molecule has 4 heteroatoms. The second-order valence-corrected chi connectivity index (χ2v) is 3.40. The Labute approximate surface area is 88.1 Å². The van der Waals surface area contributed by atoms with Crippen LogP contribution in [-0.2, 0) is 0 Å². The van der Waals surface area contributed by atoms with Crippen molar-refractivity contribution in [2.45, 2.75) is 6.92 Å². The summed E-state index contributed by atoms with van der Waals surface area (Å²) in [5.74, 6) is 0.774. The van der Waals surface area contributed by atoms with E-state index in [1.807, 2.05) is 31.2 Å². The smallest absolute Gasteiger partial charge is 0.128 e. The molecule has 2 aromatic rings. The second-order valence-electron chi connectivity index (χ2n) is 3.40. The molecule has 4 nitrogen and oxygen atoms in total. The number of ether oxygens (including phenoxy) is 1. The third kappa shape index (κ3) is 1.79. The molecule has 0 saturated carbocycles. The molecule has 78 valence electrons. The summed E-state index contributed by atoms with van der Waals surface area (Å²) in [6, 6.07) is 7.46. The van der Waals surface area contributed by atoms with Gasteiger partial charge >= 0.3 is 0 Å². The van der Waals surface area contributed by atoms with E-state index in [-0.39, 0.29) is 0 Å². The lowest BCUT2D eigenvalue weighted by Crippen LogP contribution is -1.91. The fraction of sp³-hybridized carbons (Fsp3) is 0.182. The lowest BCUT2D eigenvalue weighted by molar-refractivity contribution is 0.416. The molecule has 0 aliphatic carbocycles. The number of nitrogens with one attached hydrogen (secondary N) is 1. The van der Waals surface area contributed by atoms with Gasteiger partial charge in [0.25, 0.3) is 0 Å². The van der Waals surface area contributed by atoms with E-state index in [2.05, 4.69) is 10.2 Å². The first-order valence-electron chi connectivity index (χ1n) is 4.66. The van der Waals surface area contributed by atoms with Gasteiger partial charge in [0.2, 0.25) is 0 Å². The summed E-state index contributed by atoms with van der Waals surface area (Å²) < 4.78 is 5.25. The number of aryl methyl sites for hydroxylation is 1. The fourth-order valence-corrected chi connectivity index (χ4v) is 1.48. The van der Waals surface area contributed by atoms with Crippen LogP contribution >= 0.6 is 0 Å². The molecule has 1 aromatic carbocycles. The monoisotopic (exact) mass is 203 g/mol. The highest BCUT2D eigenvalue weighted by atomic mass is 16.5. The van der Waals surface area contributed by atoms with Crippen molar-refractivity contribution in [1.29, 1.82) is 0 Å². The zero-order valence-electron chi connectivity index (χ0n) is 8.74. The number of methoxy groups -OCH3 is 1. The van der Waals surface area contributed by atoms with Crippen molar-refractivity contribution in [2.75, 3.05) is 12.8 Å². The highest BCUT2D eigenvalue weighted by Crippen LogP contribution is 2.30. The van der Waals surface area contributed by atoms with Gasteiger partial charge in [0.1, 0.15) is 5.75 Å². The first-order chi connectivity index (χ1) is 7.20. The third-order valence-electron chi connectivity index (χ3n) is 2.21. The number of nitrogens with two attached hydrogens (primary N) is 1. The number of rotatable bonds is 2. The molecule has 0 spiro atoms. The van der Waals surface area contributed by atoms with Crippen LogP contribution in [0.4, 0.5) is 5.69 Å². The maximum Gasteiger partial charge on any atom is 0.128 e. The first kappa shape index (κ1) is 9.58. The molecule has 0 aliphatic heterocycles. The molecule has 0 unspecified atom stereocenters. The molecule has 0 saturated heterocycles. The van der Waals surface area contributed by atoms with E-state index in [0.717, 1.165) is 22.7 Å². The van der Waals surface area contributed by atoms with Crippen LogP contribution in [-0.4, -0.2) is 17.3 Å². The lowest BCUT2D eigenvalue weighted by Gasteiger charge is -2.06. The van der Waals surface area contributed by atoms with E-state index in [1.54, 1.807) is 7.11 Å². The Hall–Kier alpha value is -1.97. The number of hydrogen-bond donors (Lipinski definition) is 2. The van der Waals surface area contributed by atoms with Crippen LogP contribution in [0.25, 0.3) is 11.3 Å². The summed E-state index contributed by atoms with van der Waals surface area (Å²) in [6.07, 6.45) is 0. The van der Waals surface area contributed by atoms with Crippen LogP contribution in [0.5, 0.6) is 5.75 Å². The summed E-state index contributed by atoms with van der Waals surface area (Å²) in [5.41, 5.74) is 9.19. The molecule has 0 aliphatic rings. The van der Waals surface area contributed by atoms with Crippen molar-refractivity contribution in [3.05, 3.63) is 30.0 Å². The number of nitrogens with zero attached hydrogens (tertiary/aromatic N) is 1. The molecule has 1 heterocycles. The average molecular weight is 203 g/mol. The average Bonchev–Trinajstić information content (AvgIpc) is 2.65. The van der Waals surface area contributed by atoms with E-state index in [0.29, 0.717) is 5.69 Å². The highest BCUT2D eigenvalue weighted by molar-refractivity contribution is 5.71. The Kier molecular flexibility index (Phi) is 2.33. The zero-order valence-corrected chi connectivity index (χ0v) is 8.74. The van der Waals surface area contributed by atoms with Crippen LogP contribution < -0.4 is 10.5 Å². The van der Waals surface area contributed by atoms with E-state index < -0.39 is 0 Å². The number of H-pyrrole nitrogens is 1. The van der Waals surface area contributed by atoms with Gasteiger partial charge < -0.3 is 10.5 Å². The quantitative estimate of drug-likeness (QED) is 0.733. The van der Waals surface area contributed by atoms with Gasteiger partial charge in [0, 0.05) is 16.9 Å². The number of aromatic nitrogens is 2. The zero-order chi connectivity index (χ0) is 10.8. The van der Waals surface area contributed by atoms with Gasteiger partial charge in [-0.1, -0.05) is 0 Å². The molecular weight excluding hydrogens is 190 g/mol. The SMILES string of the molecule is COc1ccc(N)cc1-c1cc(C)[nH]n1. The fourth-order valence-electron chi connectivity index (χ4n) is 1.48. The standard InChI is InChI=1S/C11H13N3O/c1-7-5-10(14-13-7)9-6-8(12)3-4-11(9)15-2/h3-6H,12H2,1-2H3,(H,13,14). The highest BCUT2D eigenvalue weighted by Gasteiger charge is 2.08. The van der Waals surface area contributed by atoms with Crippen molar-refractivity contribution in [3.63, 3.8) is 0 Å². The van der Waals surface area contributed by atoms with Crippen LogP contribution in [0.15, 0.2) is 24.3 Å². The van der Waals surface area contributed by atoms with Crippen LogP contribution in [0, 0.1) is 6.92 Å². The van der Waals surface area contributed by atoms with Crippen LogP contribution in [0.2, 0.25) is 0 Å². The summed E-state index contributed by atoms with van der Waals surface area (Å²) in [6.45, 7) is 1.95. The van der Waals surface area contributed by atoms with E-state index in [1.165, 1.54) is 0 Å². The Morgan fingerprint density at radius 2 is 2.13 bits per heavy atom. The first-order valence-corrected chi connectivity index (χ1v) is 4.66. The molecule has 0 bridgehead atoms. The normalized spacial score (nSPS) is 10.3. The van der Waals surface area contributed by atoms with Crippen molar-refractivity contribution in [1.82, 2.24) is 10.2 Å². The topological polar surface area (TPSA) is 63.9 Å². The second kappa shape index (κ2) is 3.65. The minimum atomic E-state index is 0.700. The number of benzene rings is 1. The predicted molar refractivity (Wildman–Crippen MR) is 59.7 cm³/mol. The largest absolute Gasteiger partial charge is 0.496 e. The molecule has 15 heavy (non-hydrogen) atoms. The Bertz CT molecular complexity index is 476. The molecule has 0 amide bonds. The minimum Gasteiger partial charge on any atom is -0.496 e. The Morgan fingerprint density at radius 3 is 2.73 bits per heavy atom. The molecule has 1 aromatic heterocycles. The Balaban J connectivity index is 2.55. The predicted octanol–water partition coefficient (Wildman–Crippen LogP) is 1.98. The van der Waals surface area contributed by atoms with E-state index in [4.69, 9.17) is 10.5 Å². The maximum absolute atomic E-state index is 5.73. The molecule has 0 radical (unpaired) electrons. The summed E-state index contributed by atoms with van der Waals surface area (Å²) in [5, 5.41) is 7.07. The molecule has 2 rings (SSSR count). The number of nitrogen functional groups attached to an aromatic ring is 1. The van der Waals surface area contributed by atoms with Gasteiger partial charge in [0.05, 0.1) is 12.8 Å². The van der Waals surface area contributed by atoms with Gasteiger partial charge in [-0.25, -0.2) is 0 Å². The number of anilines is 1. The summed E-state index contributed by atoms with van der Waals surface area (Å²) >= 11 is 0. The molecule has 0 atom stereocenters. The van der Waals surface area contributed by atoms with Gasteiger partial charge in [-0.15, -0.1) is 0 Å².